The molecule has 0 N–H and O–H groups in total. The van der Waals surface area contributed by atoms with Gasteiger partial charge in [-0.25, -0.2) is 8.42 Å². The Labute approximate surface area is 125 Å². The second-order valence-corrected chi connectivity index (χ2v) is 6.77. The summed E-state index contributed by atoms with van der Waals surface area (Å²) in [5.41, 5.74) is 0.232. The molecule has 1 heterocycles. The van der Waals surface area contributed by atoms with E-state index in [0.29, 0.717) is 9.33 Å². The molecule has 0 saturated heterocycles. The molecule has 20 heavy (non-hydrogen) atoms. The Hall–Kier alpha value is -1.56. The van der Waals surface area contributed by atoms with Crippen LogP contribution in [0.5, 0.6) is 0 Å². The monoisotopic (exact) mass is 327 g/mol. The van der Waals surface area contributed by atoms with Crippen LogP contribution in [0.3, 0.4) is 0 Å². The summed E-state index contributed by atoms with van der Waals surface area (Å²) in [5, 5.41) is 0.461. The van der Waals surface area contributed by atoms with Crippen molar-refractivity contribution in [1.29, 1.82) is 0 Å². The first kappa shape index (κ1) is 13.4. The Balaban J connectivity index is 2.25. The summed E-state index contributed by atoms with van der Waals surface area (Å²) in [7, 11) is -3.93. The molecule has 3 rings (SSSR count). The van der Waals surface area contributed by atoms with E-state index in [2.05, 4.69) is 0 Å². The van der Waals surface area contributed by atoms with Crippen LogP contribution in [-0.2, 0) is 10.0 Å². The number of hydrogen-bond donors (Lipinski definition) is 0. The Kier molecular flexibility index (Phi) is 3.01. The molecular weight excluding hydrogens is 321 g/mol. The van der Waals surface area contributed by atoms with Crippen molar-refractivity contribution in [2.45, 2.75) is 4.90 Å². The lowest BCUT2D eigenvalue weighted by molar-refractivity contribution is 0.101. The Bertz CT molecular complexity index is 833. The van der Waals surface area contributed by atoms with Gasteiger partial charge in [-0.3, -0.25) is 4.79 Å². The number of hydrogen-bond acceptors (Lipinski definition) is 3. The lowest BCUT2D eigenvalue weighted by Crippen LogP contribution is -2.29. The molecule has 0 unspecified atom stereocenters. The third-order valence-electron chi connectivity index (χ3n) is 2.95. The van der Waals surface area contributed by atoms with Crippen LogP contribution < -0.4 is 4.31 Å². The van der Waals surface area contributed by atoms with Crippen molar-refractivity contribution in [3.63, 3.8) is 0 Å². The van der Waals surface area contributed by atoms with Crippen LogP contribution in [0, 0.1) is 0 Å². The van der Waals surface area contributed by atoms with E-state index in [0.717, 1.165) is 0 Å². The summed E-state index contributed by atoms with van der Waals surface area (Å²) in [6, 6.07) is 10.3. The molecule has 0 aliphatic carbocycles. The van der Waals surface area contributed by atoms with E-state index in [-0.39, 0.29) is 21.2 Å². The maximum absolute atomic E-state index is 12.4. The van der Waals surface area contributed by atoms with Gasteiger partial charge in [0.1, 0.15) is 4.90 Å². The summed E-state index contributed by atoms with van der Waals surface area (Å²) < 4.78 is 25.6. The van der Waals surface area contributed by atoms with Crippen molar-refractivity contribution in [3.05, 3.63) is 58.1 Å². The quantitative estimate of drug-likeness (QED) is 0.807. The van der Waals surface area contributed by atoms with E-state index < -0.39 is 15.9 Å². The van der Waals surface area contributed by atoms with Crippen LogP contribution in [0.4, 0.5) is 5.69 Å². The van der Waals surface area contributed by atoms with E-state index in [4.69, 9.17) is 23.2 Å². The summed E-state index contributed by atoms with van der Waals surface area (Å²) in [6.45, 7) is 0. The van der Waals surface area contributed by atoms with E-state index in [9.17, 15) is 13.2 Å². The van der Waals surface area contributed by atoms with Gasteiger partial charge in [0.25, 0.3) is 15.9 Å². The minimum atomic E-state index is -3.93. The molecule has 1 amide bonds. The van der Waals surface area contributed by atoms with E-state index in [1.807, 2.05) is 0 Å². The number of nitrogens with zero attached hydrogens (tertiary/aromatic N) is 1. The number of sulfonamides is 1. The molecule has 0 radical (unpaired) electrons. The smallest absolute Gasteiger partial charge is 0.268 e. The van der Waals surface area contributed by atoms with Gasteiger partial charge in [-0.15, -0.1) is 0 Å². The van der Waals surface area contributed by atoms with Gasteiger partial charge in [0, 0.05) is 5.02 Å². The van der Waals surface area contributed by atoms with Crippen LogP contribution >= 0.6 is 23.2 Å². The van der Waals surface area contributed by atoms with Gasteiger partial charge in [0.05, 0.1) is 16.3 Å². The molecule has 1 aliphatic heterocycles. The number of benzene rings is 2. The van der Waals surface area contributed by atoms with Gasteiger partial charge in [-0.1, -0.05) is 35.3 Å². The van der Waals surface area contributed by atoms with E-state index in [1.54, 1.807) is 12.1 Å². The maximum Gasteiger partial charge on any atom is 0.273 e. The Morgan fingerprint density at radius 2 is 1.70 bits per heavy atom. The molecule has 0 saturated carbocycles. The number of rotatable bonds is 1. The van der Waals surface area contributed by atoms with Crippen molar-refractivity contribution >= 4 is 44.8 Å². The van der Waals surface area contributed by atoms with Crippen molar-refractivity contribution in [3.8, 4) is 0 Å². The zero-order chi connectivity index (χ0) is 14.5. The Morgan fingerprint density at radius 3 is 2.35 bits per heavy atom. The highest BCUT2D eigenvalue weighted by atomic mass is 35.5. The fraction of sp³-hybridized carbons (Fsp3) is 0. The van der Waals surface area contributed by atoms with Crippen molar-refractivity contribution < 1.29 is 13.2 Å². The largest absolute Gasteiger partial charge is 0.273 e. The maximum atomic E-state index is 12.4. The number of anilines is 1. The van der Waals surface area contributed by atoms with Crippen molar-refractivity contribution in [2.75, 3.05) is 4.31 Å². The molecule has 1 aliphatic rings. The van der Waals surface area contributed by atoms with Gasteiger partial charge in [0.15, 0.2) is 0 Å². The fourth-order valence-corrected chi connectivity index (χ4v) is 4.23. The minimum Gasteiger partial charge on any atom is -0.268 e. The van der Waals surface area contributed by atoms with Gasteiger partial charge < -0.3 is 0 Å². The summed E-state index contributed by atoms with van der Waals surface area (Å²) >= 11 is 11.8. The van der Waals surface area contributed by atoms with Gasteiger partial charge in [0.2, 0.25) is 0 Å². The molecule has 7 heteroatoms. The molecular formula is C13H7Cl2NO3S. The summed E-state index contributed by atoms with van der Waals surface area (Å²) in [6.07, 6.45) is 0. The molecule has 4 nitrogen and oxygen atoms in total. The average molecular weight is 328 g/mol. The topological polar surface area (TPSA) is 54.5 Å². The number of fused-ring (bicyclic) bond motifs is 1. The normalized spacial score (nSPS) is 16.3. The van der Waals surface area contributed by atoms with Gasteiger partial charge in [-0.2, -0.15) is 4.31 Å². The molecule has 0 bridgehead atoms. The van der Waals surface area contributed by atoms with Crippen LogP contribution in [0.1, 0.15) is 10.4 Å². The van der Waals surface area contributed by atoms with Crippen LogP contribution in [0.15, 0.2) is 47.4 Å². The van der Waals surface area contributed by atoms with E-state index in [1.165, 1.54) is 30.3 Å². The van der Waals surface area contributed by atoms with Gasteiger partial charge in [-0.05, 0) is 30.3 Å². The van der Waals surface area contributed by atoms with E-state index >= 15 is 0 Å². The van der Waals surface area contributed by atoms with Crippen molar-refractivity contribution in [2.24, 2.45) is 0 Å². The highest BCUT2D eigenvalue weighted by Gasteiger charge is 2.42. The zero-order valence-corrected chi connectivity index (χ0v) is 12.2. The number of carbonyl (C=O) groups is 1. The molecule has 2 aromatic carbocycles. The SMILES string of the molecule is O=C1c2ccccc2S(=O)(=O)N1c1ccc(Cl)cc1Cl. The average Bonchev–Trinajstić information content (AvgIpc) is 2.60. The Morgan fingerprint density at radius 1 is 1.00 bits per heavy atom. The first-order valence-electron chi connectivity index (χ1n) is 5.56. The highest BCUT2D eigenvalue weighted by Crippen LogP contribution is 2.38. The van der Waals surface area contributed by atoms with Crippen LogP contribution in [0.25, 0.3) is 0 Å². The minimum absolute atomic E-state index is 0.0176. The summed E-state index contributed by atoms with van der Waals surface area (Å²) in [5.74, 6) is -0.621. The molecule has 102 valence electrons. The second-order valence-electron chi connectivity index (χ2n) is 4.17. The second kappa shape index (κ2) is 4.48. The standard InChI is InChI=1S/C13H7Cl2NO3S/c14-8-5-6-11(10(15)7-8)16-13(17)9-3-1-2-4-12(9)20(16,18)19/h1-7H. The predicted octanol–water partition coefficient (Wildman–Crippen LogP) is 3.34. The molecule has 0 spiro atoms. The molecule has 0 aromatic heterocycles. The third-order valence-corrected chi connectivity index (χ3v) is 5.24. The lowest BCUT2D eigenvalue weighted by atomic mass is 10.2. The number of halogens is 2. The third kappa shape index (κ3) is 1.82. The molecule has 0 atom stereocenters. The van der Waals surface area contributed by atoms with Crippen molar-refractivity contribution in [1.82, 2.24) is 0 Å². The highest BCUT2D eigenvalue weighted by molar-refractivity contribution is 7.94. The van der Waals surface area contributed by atoms with Gasteiger partial charge >= 0.3 is 0 Å². The zero-order valence-electron chi connectivity index (χ0n) is 9.88. The summed E-state index contributed by atoms with van der Waals surface area (Å²) in [4.78, 5) is 12.3. The van der Waals surface area contributed by atoms with Crippen LogP contribution in [0.2, 0.25) is 10.0 Å². The first-order chi connectivity index (χ1) is 9.43. The predicted molar refractivity (Wildman–Crippen MR) is 76.9 cm³/mol. The number of carbonyl (C=O) groups excluding carboxylic acids is 1. The van der Waals surface area contributed by atoms with Crippen LogP contribution in [-0.4, -0.2) is 14.3 Å². The molecule has 0 fully saturated rings. The number of amides is 1. The first-order valence-corrected chi connectivity index (χ1v) is 7.76. The fourth-order valence-electron chi connectivity index (χ4n) is 2.07. The lowest BCUT2D eigenvalue weighted by Gasteiger charge is -2.16. The molecule has 2 aromatic rings.